The molecule has 4 nitrogen and oxygen atoms in total. The molecular weight excluding hydrogens is 340 g/mol. The Morgan fingerprint density at radius 2 is 1.62 bits per heavy atom. The van der Waals surface area contributed by atoms with E-state index >= 15 is 0 Å². The van der Waals surface area contributed by atoms with Crippen LogP contribution in [0.4, 0.5) is 32.3 Å². The molecule has 1 aromatic carbocycles. The lowest BCUT2D eigenvalue weighted by Crippen LogP contribution is -2.25. The highest BCUT2D eigenvalue weighted by Gasteiger charge is 2.40. The first kappa shape index (κ1) is 17.8. The summed E-state index contributed by atoms with van der Waals surface area (Å²) in [7, 11) is 0. The number of halogens is 6. The summed E-state index contributed by atoms with van der Waals surface area (Å²) in [5, 5.41) is 0. The Balaban J connectivity index is 2.95. The highest BCUT2D eigenvalue weighted by Crippen LogP contribution is 2.40. The SMILES string of the molecule is Cc1ccc(C(F)(F)F)c(C)c1-c1nc(N)[nH]c(=O)c1C(F)(F)F. The van der Waals surface area contributed by atoms with Crippen molar-refractivity contribution >= 4 is 5.95 Å². The van der Waals surface area contributed by atoms with Crippen LogP contribution in [-0.4, -0.2) is 9.97 Å². The van der Waals surface area contributed by atoms with Gasteiger partial charge in [-0.05, 0) is 31.0 Å². The lowest BCUT2D eigenvalue weighted by Gasteiger charge is -2.18. The summed E-state index contributed by atoms with van der Waals surface area (Å²) in [6.45, 7) is 2.34. The van der Waals surface area contributed by atoms with Gasteiger partial charge in [-0.2, -0.15) is 26.3 Å². The van der Waals surface area contributed by atoms with Gasteiger partial charge in [0.05, 0.1) is 11.3 Å². The highest BCUT2D eigenvalue weighted by molar-refractivity contribution is 5.72. The second kappa shape index (κ2) is 5.53. The van der Waals surface area contributed by atoms with Crippen LogP contribution in [0.15, 0.2) is 16.9 Å². The number of nitrogens with zero attached hydrogens (tertiary/aromatic N) is 1. The molecule has 10 heteroatoms. The van der Waals surface area contributed by atoms with Crippen LogP contribution in [0.1, 0.15) is 22.3 Å². The van der Waals surface area contributed by atoms with Crippen LogP contribution in [-0.2, 0) is 12.4 Å². The standard InChI is InChI=1S/C14H11F6N3O/c1-5-3-4-7(13(15,16)17)6(2)8(5)10-9(14(18,19)20)11(24)23-12(21)22-10/h3-4H,1-2H3,(H3,21,22,23,24). The van der Waals surface area contributed by atoms with E-state index in [1.54, 1.807) is 4.98 Å². The number of aryl methyl sites for hydroxylation is 1. The molecule has 2 aromatic rings. The molecule has 0 bridgehead atoms. The third-order valence-corrected chi connectivity index (χ3v) is 3.44. The lowest BCUT2D eigenvalue weighted by atomic mass is 9.93. The molecule has 0 aliphatic carbocycles. The van der Waals surface area contributed by atoms with E-state index in [1.807, 2.05) is 0 Å². The fraction of sp³-hybridized carbons (Fsp3) is 0.286. The van der Waals surface area contributed by atoms with Gasteiger partial charge in [-0.25, -0.2) is 4.98 Å². The van der Waals surface area contributed by atoms with Gasteiger partial charge in [-0.3, -0.25) is 9.78 Å². The largest absolute Gasteiger partial charge is 0.423 e. The van der Waals surface area contributed by atoms with E-state index in [0.29, 0.717) is 0 Å². The summed E-state index contributed by atoms with van der Waals surface area (Å²) in [5.74, 6) is -0.626. The topological polar surface area (TPSA) is 71.8 Å². The third kappa shape index (κ3) is 3.08. The van der Waals surface area contributed by atoms with Crippen LogP contribution in [0.25, 0.3) is 11.3 Å². The summed E-state index contributed by atoms with van der Waals surface area (Å²) in [6.07, 6.45) is -9.88. The molecule has 0 atom stereocenters. The van der Waals surface area contributed by atoms with E-state index in [2.05, 4.69) is 4.98 Å². The number of alkyl halides is 6. The Labute approximate surface area is 131 Å². The van der Waals surface area contributed by atoms with Crippen molar-refractivity contribution in [3.05, 3.63) is 44.7 Å². The summed E-state index contributed by atoms with van der Waals surface area (Å²) in [5.41, 5.74) is -0.812. The number of nitrogen functional groups attached to an aromatic ring is 1. The molecule has 0 saturated heterocycles. The van der Waals surface area contributed by atoms with Crippen molar-refractivity contribution in [2.24, 2.45) is 0 Å². The normalized spacial score (nSPS) is 12.5. The second-order valence-electron chi connectivity index (χ2n) is 5.10. The minimum absolute atomic E-state index is 0.100. The molecule has 24 heavy (non-hydrogen) atoms. The molecule has 0 fully saturated rings. The van der Waals surface area contributed by atoms with Crippen LogP contribution in [0.3, 0.4) is 0 Å². The van der Waals surface area contributed by atoms with Crippen LogP contribution < -0.4 is 11.3 Å². The van der Waals surface area contributed by atoms with Gasteiger partial charge in [0.15, 0.2) is 0 Å². The number of aromatic amines is 1. The van der Waals surface area contributed by atoms with Gasteiger partial charge in [0.1, 0.15) is 5.56 Å². The molecule has 0 amide bonds. The number of H-pyrrole nitrogens is 1. The quantitative estimate of drug-likeness (QED) is 0.770. The fourth-order valence-electron chi connectivity index (χ4n) is 2.45. The van der Waals surface area contributed by atoms with Gasteiger partial charge in [0.2, 0.25) is 5.95 Å². The number of aromatic nitrogens is 2. The number of hydrogen-bond acceptors (Lipinski definition) is 3. The van der Waals surface area contributed by atoms with Crippen LogP contribution in [0.5, 0.6) is 0 Å². The van der Waals surface area contributed by atoms with E-state index in [4.69, 9.17) is 5.73 Å². The zero-order valence-electron chi connectivity index (χ0n) is 12.4. The zero-order valence-corrected chi connectivity index (χ0v) is 12.4. The molecule has 1 heterocycles. The van der Waals surface area contributed by atoms with Crippen molar-refractivity contribution in [1.29, 1.82) is 0 Å². The monoisotopic (exact) mass is 351 g/mol. The van der Waals surface area contributed by atoms with E-state index < -0.39 is 51.8 Å². The number of anilines is 1. The predicted molar refractivity (Wildman–Crippen MR) is 74.2 cm³/mol. The Bertz CT molecular complexity index is 851. The Kier molecular flexibility index (Phi) is 4.11. The number of nitrogens with one attached hydrogen (secondary N) is 1. The van der Waals surface area contributed by atoms with Gasteiger partial charge in [0, 0.05) is 5.56 Å². The zero-order chi connectivity index (χ0) is 18.4. The molecule has 3 N–H and O–H groups in total. The van der Waals surface area contributed by atoms with E-state index in [-0.39, 0.29) is 5.56 Å². The van der Waals surface area contributed by atoms with Gasteiger partial charge in [0.25, 0.3) is 5.56 Å². The number of nitrogens with two attached hydrogens (primary N) is 1. The van der Waals surface area contributed by atoms with Gasteiger partial charge in [-0.15, -0.1) is 0 Å². The molecule has 130 valence electrons. The maximum absolute atomic E-state index is 13.2. The number of hydrogen-bond donors (Lipinski definition) is 2. The Morgan fingerprint density at radius 3 is 2.12 bits per heavy atom. The van der Waals surface area contributed by atoms with Crippen molar-refractivity contribution in [1.82, 2.24) is 9.97 Å². The minimum Gasteiger partial charge on any atom is -0.369 e. The average Bonchev–Trinajstić information content (AvgIpc) is 2.34. The predicted octanol–water partition coefficient (Wildman–Crippen LogP) is 3.67. The summed E-state index contributed by atoms with van der Waals surface area (Å²) >= 11 is 0. The summed E-state index contributed by atoms with van der Waals surface area (Å²) in [6, 6.07) is 1.78. The van der Waals surface area contributed by atoms with Gasteiger partial charge >= 0.3 is 12.4 Å². The maximum Gasteiger partial charge on any atom is 0.423 e. The molecular formula is C14H11F6N3O. The van der Waals surface area contributed by atoms with Gasteiger partial charge < -0.3 is 5.73 Å². The lowest BCUT2D eigenvalue weighted by molar-refractivity contribution is -0.138. The molecule has 1 aromatic heterocycles. The first-order chi connectivity index (χ1) is 10.8. The average molecular weight is 351 g/mol. The maximum atomic E-state index is 13.2. The van der Waals surface area contributed by atoms with Crippen molar-refractivity contribution in [3.63, 3.8) is 0 Å². The smallest absolute Gasteiger partial charge is 0.369 e. The van der Waals surface area contributed by atoms with Crippen LogP contribution >= 0.6 is 0 Å². The summed E-state index contributed by atoms with van der Waals surface area (Å²) in [4.78, 5) is 16.8. The molecule has 0 aliphatic rings. The first-order valence-corrected chi connectivity index (χ1v) is 6.48. The number of rotatable bonds is 1. The van der Waals surface area contributed by atoms with Crippen molar-refractivity contribution in [2.45, 2.75) is 26.2 Å². The van der Waals surface area contributed by atoms with E-state index in [1.165, 1.54) is 6.92 Å². The van der Waals surface area contributed by atoms with Gasteiger partial charge in [-0.1, -0.05) is 6.07 Å². The number of benzene rings is 1. The fourth-order valence-corrected chi connectivity index (χ4v) is 2.45. The van der Waals surface area contributed by atoms with Crippen molar-refractivity contribution in [3.8, 4) is 11.3 Å². The summed E-state index contributed by atoms with van der Waals surface area (Å²) < 4.78 is 78.7. The van der Waals surface area contributed by atoms with Crippen LogP contribution in [0.2, 0.25) is 0 Å². The highest BCUT2D eigenvalue weighted by atomic mass is 19.4. The second-order valence-corrected chi connectivity index (χ2v) is 5.10. The third-order valence-electron chi connectivity index (χ3n) is 3.44. The van der Waals surface area contributed by atoms with Crippen LogP contribution in [0, 0.1) is 13.8 Å². The minimum atomic E-state index is -5.11. The Morgan fingerprint density at radius 1 is 1.04 bits per heavy atom. The molecule has 0 aliphatic heterocycles. The first-order valence-electron chi connectivity index (χ1n) is 6.48. The van der Waals surface area contributed by atoms with Crippen molar-refractivity contribution in [2.75, 3.05) is 5.73 Å². The van der Waals surface area contributed by atoms with Crippen molar-refractivity contribution < 1.29 is 26.3 Å². The molecule has 0 radical (unpaired) electrons. The molecule has 0 saturated carbocycles. The van der Waals surface area contributed by atoms with E-state index in [0.717, 1.165) is 19.1 Å². The molecule has 0 spiro atoms. The molecule has 2 rings (SSSR count). The molecule has 0 unspecified atom stereocenters. The Hall–Kier alpha value is -2.52. The van der Waals surface area contributed by atoms with E-state index in [9.17, 15) is 31.1 Å².